The number of Topliss-reactive ketones (excluding diaryl/α,β-unsaturated/α-hetero) is 1. The number of thiophene rings is 2. The van der Waals surface area contributed by atoms with Crippen LogP contribution >= 0.6 is 22.7 Å². The van der Waals surface area contributed by atoms with E-state index in [2.05, 4.69) is 0 Å². The van der Waals surface area contributed by atoms with Crippen LogP contribution < -0.4 is 10.5 Å². The van der Waals surface area contributed by atoms with E-state index in [0.29, 0.717) is 17.8 Å². The Kier molecular flexibility index (Phi) is 4.99. The average Bonchev–Trinajstić information content (AvgIpc) is 3.28. The maximum atomic E-state index is 13.3. The van der Waals surface area contributed by atoms with Crippen LogP contribution in [0.1, 0.15) is 12.7 Å². The van der Waals surface area contributed by atoms with Gasteiger partial charge in [-0.2, -0.15) is 0 Å². The molecule has 26 heavy (non-hydrogen) atoms. The van der Waals surface area contributed by atoms with E-state index >= 15 is 0 Å². The second-order valence-electron chi connectivity index (χ2n) is 6.47. The van der Waals surface area contributed by atoms with Crippen molar-refractivity contribution in [2.45, 2.75) is 20.0 Å². The normalized spacial score (nSPS) is 15.6. The van der Waals surface area contributed by atoms with E-state index in [9.17, 15) is 9.59 Å². The Bertz CT molecular complexity index is 985. The van der Waals surface area contributed by atoms with E-state index in [-0.39, 0.29) is 17.9 Å². The number of hydrogen-bond acceptors (Lipinski definition) is 6. The molecule has 0 amide bonds. The molecular formula is C18H20N3O3S2+. The molecule has 0 unspecified atom stereocenters. The van der Waals surface area contributed by atoms with Gasteiger partial charge in [0.05, 0.1) is 25.1 Å². The number of nitrogens with zero attached hydrogens (tertiary/aromatic N) is 2. The molecule has 4 rings (SSSR count). The number of ketones is 1. The summed E-state index contributed by atoms with van der Waals surface area (Å²) in [5.41, 5.74) is 0.803. The van der Waals surface area contributed by atoms with Crippen molar-refractivity contribution in [3.63, 3.8) is 0 Å². The van der Waals surface area contributed by atoms with Crippen molar-refractivity contribution in [1.82, 2.24) is 9.55 Å². The van der Waals surface area contributed by atoms with Crippen molar-refractivity contribution >= 4 is 38.7 Å². The number of ether oxygens (including phenoxy) is 1. The SMILES string of the molecule is CC(=O)Cn1c(C[NH+]2CCOCC2)nc2scc(-c3cccs3)c2c1=O. The van der Waals surface area contributed by atoms with Gasteiger partial charge in [-0.25, -0.2) is 4.98 Å². The number of carbonyl (C=O) groups excluding carboxylic acids is 1. The lowest BCUT2D eigenvalue weighted by molar-refractivity contribution is -0.922. The van der Waals surface area contributed by atoms with Crippen LogP contribution in [0.2, 0.25) is 0 Å². The fourth-order valence-corrected chi connectivity index (χ4v) is 5.03. The quantitative estimate of drug-likeness (QED) is 0.711. The zero-order valence-electron chi connectivity index (χ0n) is 14.5. The molecule has 1 N–H and O–H groups in total. The van der Waals surface area contributed by atoms with Crippen LogP contribution in [0.3, 0.4) is 0 Å². The molecule has 0 spiro atoms. The summed E-state index contributed by atoms with van der Waals surface area (Å²) >= 11 is 3.10. The summed E-state index contributed by atoms with van der Waals surface area (Å²) in [5, 5.41) is 4.62. The highest BCUT2D eigenvalue weighted by molar-refractivity contribution is 7.18. The van der Waals surface area contributed by atoms with Crippen molar-refractivity contribution in [3.05, 3.63) is 39.1 Å². The summed E-state index contributed by atoms with van der Waals surface area (Å²) in [5.74, 6) is 0.647. The highest BCUT2D eigenvalue weighted by Gasteiger charge is 2.22. The molecule has 8 heteroatoms. The molecule has 0 bridgehead atoms. The first-order chi connectivity index (χ1) is 12.6. The van der Waals surface area contributed by atoms with Gasteiger partial charge in [0.25, 0.3) is 5.56 Å². The Balaban J connectivity index is 1.83. The maximum Gasteiger partial charge on any atom is 0.263 e. The van der Waals surface area contributed by atoms with E-state index in [0.717, 1.165) is 41.6 Å². The third kappa shape index (κ3) is 3.37. The third-order valence-electron chi connectivity index (χ3n) is 4.55. The van der Waals surface area contributed by atoms with Gasteiger partial charge in [0.15, 0.2) is 5.82 Å². The molecule has 0 radical (unpaired) electrons. The number of fused-ring (bicyclic) bond motifs is 1. The van der Waals surface area contributed by atoms with Crippen molar-refractivity contribution in [2.24, 2.45) is 0 Å². The monoisotopic (exact) mass is 390 g/mol. The Labute approximate surface area is 158 Å². The first-order valence-corrected chi connectivity index (χ1v) is 10.3. The van der Waals surface area contributed by atoms with Gasteiger partial charge in [-0.1, -0.05) is 6.07 Å². The Hall–Kier alpha value is -1.87. The molecule has 0 aliphatic carbocycles. The van der Waals surface area contributed by atoms with E-state index in [1.54, 1.807) is 15.9 Å². The minimum Gasteiger partial charge on any atom is -0.370 e. The maximum absolute atomic E-state index is 13.3. The Morgan fingerprint density at radius 1 is 1.35 bits per heavy atom. The molecule has 4 heterocycles. The van der Waals surface area contributed by atoms with Gasteiger partial charge in [-0.3, -0.25) is 14.2 Å². The van der Waals surface area contributed by atoms with Crippen LogP contribution in [0.4, 0.5) is 0 Å². The van der Waals surface area contributed by atoms with Gasteiger partial charge < -0.3 is 9.64 Å². The molecule has 3 aromatic heterocycles. The predicted molar refractivity (Wildman–Crippen MR) is 103 cm³/mol. The van der Waals surface area contributed by atoms with Gasteiger partial charge in [0.2, 0.25) is 0 Å². The molecule has 0 saturated carbocycles. The van der Waals surface area contributed by atoms with Gasteiger partial charge in [0, 0.05) is 15.8 Å². The number of carbonyl (C=O) groups is 1. The lowest BCUT2D eigenvalue weighted by Gasteiger charge is -2.24. The van der Waals surface area contributed by atoms with Gasteiger partial charge in [-0.05, 0) is 18.4 Å². The first-order valence-electron chi connectivity index (χ1n) is 8.59. The minimum atomic E-state index is -0.113. The standard InChI is InChI=1S/C18H19N3O3S2/c1-12(22)9-21-15(10-20-4-6-24-7-5-20)19-17-16(18(21)23)13(11-26-17)14-3-2-8-25-14/h2-3,8,11H,4-7,9-10H2,1H3/p+1. The molecular weight excluding hydrogens is 370 g/mol. The van der Waals surface area contributed by atoms with Crippen molar-refractivity contribution in [3.8, 4) is 10.4 Å². The Morgan fingerprint density at radius 2 is 2.15 bits per heavy atom. The number of rotatable bonds is 5. The molecule has 1 aliphatic heterocycles. The van der Waals surface area contributed by atoms with E-state index in [1.807, 2.05) is 22.9 Å². The summed E-state index contributed by atoms with van der Waals surface area (Å²) in [6, 6.07) is 3.98. The molecule has 0 atom stereocenters. The zero-order valence-corrected chi connectivity index (χ0v) is 16.1. The fourth-order valence-electron chi connectivity index (χ4n) is 3.26. The smallest absolute Gasteiger partial charge is 0.263 e. The second-order valence-corrected chi connectivity index (χ2v) is 8.27. The van der Waals surface area contributed by atoms with Crippen LogP contribution in [0.25, 0.3) is 20.7 Å². The number of morpholine rings is 1. The van der Waals surface area contributed by atoms with E-state index < -0.39 is 0 Å². The fraction of sp³-hybridized carbons (Fsp3) is 0.389. The van der Waals surface area contributed by atoms with Crippen molar-refractivity contribution < 1.29 is 14.4 Å². The zero-order chi connectivity index (χ0) is 18.1. The van der Waals surface area contributed by atoms with Crippen LogP contribution in [-0.4, -0.2) is 41.6 Å². The number of quaternary nitrogens is 1. The molecule has 1 aliphatic rings. The van der Waals surface area contributed by atoms with E-state index in [1.165, 1.54) is 23.2 Å². The second kappa shape index (κ2) is 7.40. The molecule has 6 nitrogen and oxygen atoms in total. The van der Waals surface area contributed by atoms with Gasteiger partial charge >= 0.3 is 0 Å². The summed E-state index contributed by atoms with van der Waals surface area (Å²) in [7, 11) is 0. The molecule has 1 saturated heterocycles. The summed E-state index contributed by atoms with van der Waals surface area (Å²) in [6.07, 6.45) is 0. The van der Waals surface area contributed by atoms with Gasteiger partial charge in [0.1, 0.15) is 30.2 Å². The highest BCUT2D eigenvalue weighted by Crippen LogP contribution is 2.33. The summed E-state index contributed by atoms with van der Waals surface area (Å²) in [6.45, 7) is 5.42. The van der Waals surface area contributed by atoms with Crippen molar-refractivity contribution in [1.29, 1.82) is 0 Å². The lowest BCUT2D eigenvalue weighted by atomic mass is 10.2. The highest BCUT2D eigenvalue weighted by atomic mass is 32.1. The molecule has 3 aromatic rings. The molecule has 136 valence electrons. The molecule has 1 fully saturated rings. The Morgan fingerprint density at radius 3 is 2.85 bits per heavy atom. The topological polar surface area (TPSA) is 65.6 Å². The third-order valence-corrected chi connectivity index (χ3v) is 6.32. The van der Waals surface area contributed by atoms with Gasteiger partial charge in [-0.15, -0.1) is 22.7 Å². The van der Waals surface area contributed by atoms with Crippen molar-refractivity contribution in [2.75, 3.05) is 26.3 Å². The minimum absolute atomic E-state index is 0.0422. The van der Waals surface area contributed by atoms with Crippen LogP contribution in [0.15, 0.2) is 27.7 Å². The lowest BCUT2D eigenvalue weighted by Crippen LogP contribution is -3.13. The molecule has 0 aromatic carbocycles. The largest absolute Gasteiger partial charge is 0.370 e. The predicted octanol–water partition coefficient (Wildman–Crippen LogP) is 1.19. The number of aromatic nitrogens is 2. The number of nitrogens with one attached hydrogen (secondary N) is 1. The van der Waals surface area contributed by atoms with E-state index in [4.69, 9.17) is 9.72 Å². The van der Waals surface area contributed by atoms with Crippen LogP contribution in [-0.2, 0) is 22.6 Å². The van der Waals surface area contributed by atoms with Crippen LogP contribution in [0.5, 0.6) is 0 Å². The summed E-state index contributed by atoms with van der Waals surface area (Å²) < 4.78 is 6.98. The van der Waals surface area contributed by atoms with Crippen LogP contribution in [0, 0.1) is 0 Å². The average molecular weight is 391 g/mol. The number of hydrogen-bond donors (Lipinski definition) is 1. The summed E-state index contributed by atoms with van der Waals surface area (Å²) in [4.78, 5) is 33.0. The first kappa shape index (κ1) is 17.5.